The summed E-state index contributed by atoms with van der Waals surface area (Å²) in [6.45, 7) is 4.82. The van der Waals surface area contributed by atoms with E-state index in [1.54, 1.807) is 0 Å². The normalized spacial score (nSPS) is 18.0. The number of carbonyl (C=O) groups excluding carboxylic acids is 2. The van der Waals surface area contributed by atoms with Crippen LogP contribution in [0.4, 0.5) is 21.9 Å². The molecular weight excluding hydrogens is 366 g/mol. The van der Waals surface area contributed by atoms with Gasteiger partial charge in [-0.1, -0.05) is 25.1 Å². The Morgan fingerprint density at radius 2 is 1.79 bits per heavy atom. The van der Waals surface area contributed by atoms with Gasteiger partial charge in [0.1, 0.15) is 0 Å². The lowest BCUT2D eigenvalue weighted by Crippen LogP contribution is -2.44. The van der Waals surface area contributed by atoms with Gasteiger partial charge in [-0.05, 0) is 49.2 Å². The molecule has 2 aromatic carbocycles. The number of nitrogens with one attached hydrogen (secondary N) is 3. The largest absolute Gasteiger partial charge is 0.378 e. The van der Waals surface area contributed by atoms with Crippen molar-refractivity contribution in [3.63, 3.8) is 0 Å². The van der Waals surface area contributed by atoms with Crippen molar-refractivity contribution in [1.82, 2.24) is 5.32 Å². The summed E-state index contributed by atoms with van der Waals surface area (Å²) in [5.41, 5.74) is 9.15. The molecule has 154 valence electrons. The fraction of sp³-hybridized carbons (Fsp3) is 0.364. The van der Waals surface area contributed by atoms with Gasteiger partial charge < -0.3 is 26.6 Å². The van der Waals surface area contributed by atoms with Gasteiger partial charge in [-0.3, -0.25) is 4.79 Å². The third kappa shape index (κ3) is 4.86. The maximum atomic E-state index is 12.5. The number of para-hydroxylation sites is 1. The van der Waals surface area contributed by atoms with Crippen molar-refractivity contribution in [1.29, 1.82) is 0 Å². The zero-order valence-corrected chi connectivity index (χ0v) is 16.9. The number of hydrogen-bond donors (Lipinski definition) is 4. The van der Waals surface area contributed by atoms with Gasteiger partial charge in [0.2, 0.25) is 5.91 Å². The topological polar surface area (TPSA) is 99.5 Å². The quantitative estimate of drug-likeness (QED) is 0.602. The lowest BCUT2D eigenvalue weighted by Gasteiger charge is -2.40. The van der Waals surface area contributed by atoms with Crippen LogP contribution in [0.1, 0.15) is 38.3 Å². The highest BCUT2D eigenvalue weighted by Gasteiger charge is 2.32. The SMILES string of the molecule is CCC(=O)N1c2ccccc2[C@H](Nc2ccc(NC(=O)NCCN)cc2)C[C@@H]1C. The lowest BCUT2D eigenvalue weighted by molar-refractivity contribution is -0.118. The fourth-order valence-corrected chi connectivity index (χ4v) is 3.71. The van der Waals surface area contributed by atoms with Crippen LogP contribution in [0.15, 0.2) is 48.5 Å². The molecule has 0 fully saturated rings. The number of anilines is 3. The van der Waals surface area contributed by atoms with Crippen LogP contribution in [0.5, 0.6) is 0 Å². The molecule has 2 aromatic rings. The van der Waals surface area contributed by atoms with Crippen LogP contribution in [0.2, 0.25) is 0 Å². The molecule has 0 radical (unpaired) electrons. The molecule has 0 unspecified atom stereocenters. The third-order valence-electron chi connectivity index (χ3n) is 5.07. The van der Waals surface area contributed by atoms with E-state index in [-0.39, 0.29) is 24.0 Å². The Hall–Kier alpha value is -3.06. The molecule has 0 saturated carbocycles. The van der Waals surface area contributed by atoms with E-state index in [0.29, 0.717) is 25.2 Å². The molecule has 0 spiro atoms. The number of carbonyl (C=O) groups is 2. The number of nitrogens with zero attached hydrogens (tertiary/aromatic N) is 1. The molecule has 1 aliphatic heterocycles. The molecule has 7 heteroatoms. The highest BCUT2D eigenvalue weighted by Crippen LogP contribution is 2.39. The number of hydrogen-bond acceptors (Lipinski definition) is 4. The van der Waals surface area contributed by atoms with Crippen molar-refractivity contribution >= 4 is 29.0 Å². The van der Waals surface area contributed by atoms with E-state index in [4.69, 9.17) is 5.73 Å². The molecule has 2 atom stereocenters. The maximum Gasteiger partial charge on any atom is 0.319 e. The van der Waals surface area contributed by atoms with E-state index in [1.807, 2.05) is 54.3 Å². The van der Waals surface area contributed by atoms with E-state index < -0.39 is 0 Å². The average Bonchev–Trinajstić information content (AvgIpc) is 2.73. The van der Waals surface area contributed by atoms with E-state index in [0.717, 1.165) is 23.4 Å². The second kappa shape index (κ2) is 9.43. The molecule has 3 amide bonds. The summed E-state index contributed by atoms with van der Waals surface area (Å²) < 4.78 is 0. The van der Waals surface area contributed by atoms with Crippen molar-refractivity contribution in [2.45, 2.75) is 38.8 Å². The van der Waals surface area contributed by atoms with Crippen LogP contribution in [0.3, 0.4) is 0 Å². The predicted octanol–water partition coefficient (Wildman–Crippen LogP) is 3.46. The van der Waals surface area contributed by atoms with Gasteiger partial charge >= 0.3 is 6.03 Å². The van der Waals surface area contributed by atoms with Gasteiger partial charge in [-0.15, -0.1) is 0 Å². The molecule has 5 N–H and O–H groups in total. The molecule has 0 bridgehead atoms. The summed E-state index contributed by atoms with van der Waals surface area (Å²) >= 11 is 0. The smallest absolute Gasteiger partial charge is 0.319 e. The molecule has 0 saturated heterocycles. The third-order valence-corrected chi connectivity index (χ3v) is 5.07. The van der Waals surface area contributed by atoms with Crippen LogP contribution < -0.4 is 26.6 Å². The monoisotopic (exact) mass is 395 g/mol. The molecule has 29 heavy (non-hydrogen) atoms. The average molecular weight is 396 g/mol. The van der Waals surface area contributed by atoms with Crippen LogP contribution in [0.25, 0.3) is 0 Å². The zero-order chi connectivity index (χ0) is 20.8. The Morgan fingerprint density at radius 3 is 2.48 bits per heavy atom. The number of benzene rings is 2. The van der Waals surface area contributed by atoms with Gasteiger partial charge in [0.15, 0.2) is 0 Å². The predicted molar refractivity (Wildman–Crippen MR) is 117 cm³/mol. The maximum absolute atomic E-state index is 12.5. The molecule has 3 rings (SSSR count). The van der Waals surface area contributed by atoms with E-state index in [1.165, 1.54) is 0 Å². The highest BCUT2D eigenvalue weighted by atomic mass is 16.2. The first-order valence-corrected chi connectivity index (χ1v) is 10.1. The number of rotatable bonds is 6. The fourth-order valence-electron chi connectivity index (χ4n) is 3.71. The number of fused-ring (bicyclic) bond motifs is 1. The van der Waals surface area contributed by atoms with Crippen molar-refractivity contribution < 1.29 is 9.59 Å². The second-order valence-electron chi connectivity index (χ2n) is 7.20. The first-order chi connectivity index (χ1) is 14.0. The van der Waals surface area contributed by atoms with Gasteiger partial charge in [0.05, 0.1) is 6.04 Å². The number of amides is 3. The van der Waals surface area contributed by atoms with Gasteiger partial charge in [0, 0.05) is 42.6 Å². The van der Waals surface area contributed by atoms with E-state index in [2.05, 4.69) is 28.9 Å². The van der Waals surface area contributed by atoms with Gasteiger partial charge in [-0.2, -0.15) is 0 Å². The van der Waals surface area contributed by atoms with Crippen LogP contribution in [0, 0.1) is 0 Å². The van der Waals surface area contributed by atoms with E-state index in [9.17, 15) is 9.59 Å². The Balaban J connectivity index is 1.73. The Morgan fingerprint density at radius 1 is 1.10 bits per heavy atom. The molecule has 1 heterocycles. The Kier molecular flexibility index (Phi) is 6.72. The number of nitrogens with two attached hydrogens (primary N) is 1. The summed E-state index contributed by atoms with van der Waals surface area (Å²) in [6, 6.07) is 15.6. The molecule has 1 aliphatic rings. The highest BCUT2D eigenvalue weighted by molar-refractivity contribution is 5.95. The van der Waals surface area contributed by atoms with Crippen LogP contribution in [-0.2, 0) is 4.79 Å². The first kappa shape index (κ1) is 20.7. The molecule has 7 nitrogen and oxygen atoms in total. The molecule has 0 aromatic heterocycles. The van der Waals surface area contributed by atoms with Crippen LogP contribution in [-0.4, -0.2) is 31.1 Å². The Labute approximate surface area is 171 Å². The van der Waals surface area contributed by atoms with E-state index >= 15 is 0 Å². The molecule has 0 aliphatic carbocycles. The molecular formula is C22H29N5O2. The van der Waals surface area contributed by atoms with Crippen molar-refractivity contribution in [2.24, 2.45) is 5.73 Å². The minimum atomic E-state index is -0.271. The van der Waals surface area contributed by atoms with Crippen molar-refractivity contribution in [3.8, 4) is 0 Å². The summed E-state index contributed by atoms with van der Waals surface area (Å²) in [4.78, 5) is 26.1. The van der Waals surface area contributed by atoms with Gasteiger partial charge in [0.25, 0.3) is 0 Å². The standard InChI is InChI=1S/C22H29N5O2/c1-3-21(28)27-15(2)14-19(18-6-4-5-7-20(18)27)25-16-8-10-17(11-9-16)26-22(29)24-13-12-23/h4-11,15,19,25H,3,12-14,23H2,1-2H3,(H2,24,26,29)/t15-,19+/m0/s1. The first-order valence-electron chi connectivity index (χ1n) is 10.1. The minimum Gasteiger partial charge on any atom is -0.378 e. The summed E-state index contributed by atoms with van der Waals surface area (Å²) in [5.74, 6) is 0.145. The Bertz CT molecular complexity index is 853. The zero-order valence-electron chi connectivity index (χ0n) is 16.9. The summed E-state index contributed by atoms with van der Waals surface area (Å²) in [7, 11) is 0. The second-order valence-corrected chi connectivity index (χ2v) is 7.20. The lowest BCUT2D eigenvalue weighted by atomic mass is 9.91. The summed E-state index contributed by atoms with van der Waals surface area (Å²) in [5, 5.41) is 9.03. The van der Waals surface area contributed by atoms with Crippen molar-refractivity contribution in [3.05, 3.63) is 54.1 Å². The minimum absolute atomic E-state index is 0.105. The van der Waals surface area contributed by atoms with Gasteiger partial charge in [-0.25, -0.2) is 4.79 Å². The number of urea groups is 1. The van der Waals surface area contributed by atoms with Crippen molar-refractivity contribution in [2.75, 3.05) is 28.6 Å². The summed E-state index contributed by atoms with van der Waals surface area (Å²) in [6.07, 6.45) is 1.31. The van der Waals surface area contributed by atoms with Crippen LogP contribution >= 0.6 is 0 Å².